The minimum absolute atomic E-state index is 0.125. The summed E-state index contributed by atoms with van der Waals surface area (Å²) in [6.45, 7) is 5.98. The van der Waals surface area contributed by atoms with Gasteiger partial charge in [-0.25, -0.2) is 0 Å². The molecule has 2 rings (SSSR count). The van der Waals surface area contributed by atoms with E-state index < -0.39 is 0 Å². The van der Waals surface area contributed by atoms with Crippen LogP contribution >= 0.6 is 22.6 Å². The smallest absolute Gasteiger partial charge is 0.256 e. The maximum atomic E-state index is 12.3. The van der Waals surface area contributed by atoms with Gasteiger partial charge in [0.05, 0.1) is 16.9 Å². The van der Waals surface area contributed by atoms with Gasteiger partial charge in [0.25, 0.3) is 5.91 Å². The van der Waals surface area contributed by atoms with Crippen molar-refractivity contribution in [3.05, 3.63) is 51.6 Å². The van der Waals surface area contributed by atoms with Crippen molar-refractivity contribution in [3.63, 3.8) is 0 Å². The standard InChI is InChI=1S/C17H20IN3O/c1-3-21(4-2)16-10-9-12(11-15(16)19)20-17(22)13-7-5-6-8-14(13)18/h5-11H,3-4,19H2,1-2H3,(H,20,22). The number of rotatable bonds is 5. The van der Waals surface area contributed by atoms with Crippen LogP contribution in [0.3, 0.4) is 0 Å². The molecule has 0 spiro atoms. The van der Waals surface area contributed by atoms with E-state index in [0.717, 1.165) is 22.3 Å². The van der Waals surface area contributed by atoms with Gasteiger partial charge in [-0.05, 0) is 66.8 Å². The van der Waals surface area contributed by atoms with Gasteiger partial charge in [-0.15, -0.1) is 0 Å². The van der Waals surface area contributed by atoms with Crippen LogP contribution in [0.25, 0.3) is 0 Å². The Bertz CT molecular complexity index is 669. The molecule has 1 amide bonds. The number of anilines is 3. The molecular formula is C17H20IN3O. The first-order valence-electron chi connectivity index (χ1n) is 7.27. The Kier molecular flexibility index (Phi) is 5.65. The summed E-state index contributed by atoms with van der Waals surface area (Å²) in [6.07, 6.45) is 0. The molecule has 22 heavy (non-hydrogen) atoms. The third kappa shape index (κ3) is 3.71. The predicted octanol–water partition coefficient (Wildman–Crippen LogP) is 3.97. The van der Waals surface area contributed by atoms with Gasteiger partial charge < -0.3 is 16.0 Å². The minimum Gasteiger partial charge on any atom is -0.397 e. The third-order valence-electron chi connectivity index (χ3n) is 3.51. The summed E-state index contributed by atoms with van der Waals surface area (Å²) in [6, 6.07) is 13.1. The molecule has 0 aliphatic carbocycles. The second-order valence-corrected chi connectivity index (χ2v) is 6.04. The van der Waals surface area contributed by atoms with Crippen molar-refractivity contribution in [2.75, 3.05) is 29.0 Å². The van der Waals surface area contributed by atoms with Crippen LogP contribution in [0.1, 0.15) is 24.2 Å². The maximum absolute atomic E-state index is 12.3. The van der Waals surface area contributed by atoms with E-state index in [2.05, 4.69) is 46.7 Å². The number of amides is 1. The molecule has 4 nitrogen and oxygen atoms in total. The van der Waals surface area contributed by atoms with Crippen molar-refractivity contribution in [2.45, 2.75) is 13.8 Å². The van der Waals surface area contributed by atoms with Gasteiger partial charge in [-0.2, -0.15) is 0 Å². The molecule has 0 heterocycles. The molecule has 0 bridgehead atoms. The molecule has 0 fully saturated rings. The molecule has 0 saturated heterocycles. The van der Waals surface area contributed by atoms with Crippen LogP contribution < -0.4 is 16.0 Å². The SMILES string of the molecule is CCN(CC)c1ccc(NC(=O)c2ccccc2I)cc1N. The van der Waals surface area contributed by atoms with Crippen LogP contribution in [-0.4, -0.2) is 19.0 Å². The second kappa shape index (κ2) is 7.49. The lowest BCUT2D eigenvalue weighted by molar-refractivity contribution is 0.102. The van der Waals surface area contributed by atoms with Crippen LogP contribution in [0.4, 0.5) is 17.1 Å². The Labute approximate surface area is 144 Å². The lowest BCUT2D eigenvalue weighted by Crippen LogP contribution is -2.23. The second-order valence-electron chi connectivity index (χ2n) is 4.88. The number of nitrogen functional groups attached to an aromatic ring is 1. The molecule has 0 aromatic heterocycles. The first-order valence-corrected chi connectivity index (χ1v) is 8.35. The zero-order chi connectivity index (χ0) is 16.1. The number of nitrogens with zero attached hydrogens (tertiary/aromatic N) is 1. The molecule has 0 atom stereocenters. The summed E-state index contributed by atoms with van der Waals surface area (Å²) in [5.74, 6) is -0.125. The highest BCUT2D eigenvalue weighted by atomic mass is 127. The number of carbonyl (C=O) groups is 1. The van der Waals surface area contributed by atoms with E-state index >= 15 is 0 Å². The molecule has 2 aromatic rings. The Morgan fingerprint density at radius 1 is 1.18 bits per heavy atom. The van der Waals surface area contributed by atoms with Crippen LogP contribution in [-0.2, 0) is 0 Å². The van der Waals surface area contributed by atoms with E-state index in [0.29, 0.717) is 16.9 Å². The summed E-state index contributed by atoms with van der Waals surface area (Å²) in [7, 11) is 0. The van der Waals surface area contributed by atoms with Gasteiger partial charge in [-0.3, -0.25) is 4.79 Å². The predicted molar refractivity (Wildman–Crippen MR) is 102 cm³/mol. The summed E-state index contributed by atoms with van der Waals surface area (Å²) >= 11 is 2.16. The average molecular weight is 409 g/mol. The van der Waals surface area contributed by atoms with Crippen LogP contribution in [0, 0.1) is 3.57 Å². The molecule has 0 aliphatic heterocycles. The Balaban J connectivity index is 2.19. The summed E-state index contributed by atoms with van der Waals surface area (Å²) in [5.41, 5.74) is 9.16. The number of carbonyl (C=O) groups excluding carboxylic acids is 1. The van der Waals surface area contributed by atoms with Crippen LogP contribution in [0.15, 0.2) is 42.5 Å². The molecule has 116 valence electrons. The number of nitrogens with one attached hydrogen (secondary N) is 1. The fraction of sp³-hybridized carbons (Fsp3) is 0.235. The summed E-state index contributed by atoms with van der Waals surface area (Å²) in [4.78, 5) is 14.5. The molecule has 0 aliphatic rings. The van der Waals surface area contributed by atoms with E-state index in [1.165, 1.54) is 0 Å². The van der Waals surface area contributed by atoms with Gasteiger partial charge in [0.1, 0.15) is 0 Å². The maximum Gasteiger partial charge on any atom is 0.256 e. The van der Waals surface area contributed by atoms with Crippen molar-refractivity contribution in [3.8, 4) is 0 Å². The van der Waals surface area contributed by atoms with Crippen molar-refractivity contribution in [1.82, 2.24) is 0 Å². The summed E-state index contributed by atoms with van der Waals surface area (Å²) in [5, 5.41) is 2.90. The van der Waals surface area contributed by atoms with Crippen molar-refractivity contribution in [2.24, 2.45) is 0 Å². The summed E-state index contributed by atoms with van der Waals surface area (Å²) < 4.78 is 0.922. The number of benzene rings is 2. The first kappa shape index (κ1) is 16.6. The fourth-order valence-electron chi connectivity index (χ4n) is 2.33. The van der Waals surface area contributed by atoms with Crippen LogP contribution in [0.2, 0.25) is 0 Å². The van der Waals surface area contributed by atoms with E-state index in [1.54, 1.807) is 6.07 Å². The topological polar surface area (TPSA) is 58.4 Å². The van der Waals surface area contributed by atoms with Gasteiger partial charge in [0.15, 0.2) is 0 Å². The number of hydrogen-bond acceptors (Lipinski definition) is 3. The van der Waals surface area contributed by atoms with Crippen molar-refractivity contribution in [1.29, 1.82) is 0 Å². The Morgan fingerprint density at radius 3 is 2.45 bits per heavy atom. The first-order chi connectivity index (χ1) is 10.6. The van der Waals surface area contributed by atoms with Gasteiger partial charge in [-0.1, -0.05) is 12.1 Å². The number of nitrogens with two attached hydrogens (primary N) is 1. The highest BCUT2D eigenvalue weighted by Crippen LogP contribution is 2.27. The quantitative estimate of drug-likeness (QED) is 0.581. The van der Waals surface area contributed by atoms with E-state index in [-0.39, 0.29) is 5.91 Å². The highest BCUT2D eigenvalue weighted by Gasteiger charge is 2.11. The monoisotopic (exact) mass is 409 g/mol. The Morgan fingerprint density at radius 2 is 1.86 bits per heavy atom. The zero-order valence-electron chi connectivity index (χ0n) is 12.8. The number of halogens is 1. The van der Waals surface area contributed by atoms with Gasteiger partial charge >= 0.3 is 0 Å². The highest BCUT2D eigenvalue weighted by molar-refractivity contribution is 14.1. The van der Waals surface area contributed by atoms with E-state index in [9.17, 15) is 4.79 Å². The Hall–Kier alpha value is -1.76. The molecular weight excluding hydrogens is 389 g/mol. The van der Waals surface area contributed by atoms with E-state index in [1.807, 2.05) is 36.4 Å². The average Bonchev–Trinajstić information content (AvgIpc) is 2.50. The zero-order valence-corrected chi connectivity index (χ0v) is 14.9. The molecule has 5 heteroatoms. The van der Waals surface area contributed by atoms with Gasteiger partial charge in [0.2, 0.25) is 0 Å². The largest absolute Gasteiger partial charge is 0.397 e. The van der Waals surface area contributed by atoms with E-state index in [4.69, 9.17) is 5.73 Å². The lowest BCUT2D eigenvalue weighted by atomic mass is 10.2. The minimum atomic E-state index is -0.125. The van der Waals surface area contributed by atoms with Crippen LogP contribution in [0.5, 0.6) is 0 Å². The third-order valence-corrected chi connectivity index (χ3v) is 4.45. The normalized spacial score (nSPS) is 10.3. The molecule has 2 aromatic carbocycles. The van der Waals surface area contributed by atoms with Crippen molar-refractivity contribution >= 4 is 45.6 Å². The molecule has 3 N–H and O–H groups in total. The number of hydrogen-bond donors (Lipinski definition) is 2. The molecule has 0 radical (unpaired) electrons. The fourth-order valence-corrected chi connectivity index (χ4v) is 2.96. The molecule has 0 saturated carbocycles. The van der Waals surface area contributed by atoms with Crippen molar-refractivity contribution < 1.29 is 4.79 Å². The molecule has 0 unspecified atom stereocenters. The van der Waals surface area contributed by atoms with Gasteiger partial charge in [0, 0.05) is 22.3 Å². The lowest BCUT2D eigenvalue weighted by Gasteiger charge is -2.23.